The molecule has 80 valence electrons. The third-order valence-electron chi connectivity index (χ3n) is 2.31. The molecule has 3 nitrogen and oxygen atoms in total. The van der Waals surface area contributed by atoms with Crippen LogP contribution in [0.2, 0.25) is 0 Å². The summed E-state index contributed by atoms with van der Waals surface area (Å²) in [6, 6.07) is 8.01. The van der Waals surface area contributed by atoms with Crippen molar-refractivity contribution in [2.45, 2.75) is 19.3 Å². The fourth-order valence-corrected chi connectivity index (χ4v) is 1.52. The van der Waals surface area contributed by atoms with Crippen LogP contribution in [0.5, 0.6) is 0 Å². The van der Waals surface area contributed by atoms with Crippen molar-refractivity contribution in [2.75, 3.05) is 6.54 Å². The Balaban J connectivity index is 2.43. The molecule has 0 fully saturated rings. The lowest BCUT2D eigenvalue weighted by Crippen LogP contribution is -2.01. The zero-order chi connectivity index (χ0) is 11.1. The van der Waals surface area contributed by atoms with Gasteiger partial charge in [0.2, 0.25) is 6.54 Å². The summed E-state index contributed by atoms with van der Waals surface area (Å²) in [6.45, 7) is 3.81. The van der Waals surface area contributed by atoms with Gasteiger partial charge in [-0.2, -0.15) is 0 Å². The highest BCUT2D eigenvalue weighted by Crippen LogP contribution is 2.12. The van der Waals surface area contributed by atoms with Gasteiger partial charge in [-0.3, -0.25) is 10.1 Å². The predicted octanol–water partition coefficient (Wildman–Crippen LogP) is 2.93. The summed E-state index contributed by atoms with van der Waals surface area (Å²) in [5.41, 5.74) is 2.34. The molecule has 0 radical (unpaired) electrons. The van der Waals surface area contributed by atoms with Gasteiger partial charge in [0.05, 0.1) is 0 Å². The van der Waals surface area contributed by atoms with Crippen LogP contribution in [0.3, 0.4) is 0 Å². The lowest BCUT2D eigenvalue weighted by atomic mass is 10.0. The minimum absolute atomic E-state index is 0.0657. The van der Waals surface area contributed by atoms with Crippen LogP contribution in [0.25, 0.3) is 6.08 Å². The maximum absolute atomic E-state index is 10.1. The second-order valence-electron chi connectivity index (χ2n) is 3.42. The second kappa shape index (κ2) is 5.96. The summed E-state index contributed by atoms with van der Waals surface area (Å²) in [6.07, 6.45) is 4.20. The first-order valence-electron chi connectivity index (χ1n) is 5.06. The van der Waals surface area contributed by atoms with E-state index in [0.717, 1.165) is 18.4 Å². The highest BCUT2D eigenvalue weighted by Gasteiger charge is 2.00. The van der Waals surface area contributed by atoms with Gasteiger partial charge in [0.15, 0.2) is 0 Å². The first-order valence-corrected chi connectivity index (χ1v) is 5.06. The number of hydrogen-bond acceptors (Lipinski definition) is 2. The van der Waals surface area contributed by atoms with E-state index < -0.39 is 0 Å². The minimum atomic E-state index is -0.264. The smallest absolute Gasteiger partial charge is 0.203 e. The molecular weight excluding hydrogens is 190 g/mol. The van der Waals surface area contributed by atoms with Crippen molar-refractivity contribution in [3.63, 3.8) is 0 Å². The number of aryl methyl sites for hydroxylation is 1. The molecule has 0 aliphatic rings. The second-order valence-corrected chi connectivity index (χ2v) is 3.42. The molecule has 15 heavy (non-hydrogen) atoms. The van der Waals surface area contributed by atoms with Crippen LogP contribution in [-0.4, -0.2) is 11.5 Å². The molecule has 0 heterocycles. The van der Waals surface area contributed by atoms with Crippen LogP contribution in [0, 0.1) is 10.1 Å². The average molecular weight is 205 g/mol. The van der Waals surface area contributed by atoms with Crippen LogP contribution in [0.4, 0.5) is 0 Å². The fourth-order valence-electron chi connectivity index (χ4n) is 1.52. The Morgan fingerprint density at radius 3 is 2.73 bits per heavy atom. The van der Waals surface area contributed by atoms with E-state index in [4.69, 9.17) is 0 Å². The van der Waals surface area contributed by atoms with Crippen LogP contribution in [0.15, 0.2) is 30.8 Å². The van der Waals surface area contributed by atoms with E-state index in [2.05, 4.69) is 6.58 Å². The third-order valence-corrected chi connectivity index (χ3v) is 2.31. The highest BCUT2D eigenvalue weighted by atomic mass is 16.6. The number of nitro groups is 1. The number of hydrogen-bond donors (Lipinski definition) is 0. The van der Waals surface area contributed by atoms with Crippen molar-refractivity contribution in [2.24, 2.45) is 0 Å². The van der Waals surface area contributed by atoms with E-state index in [1.807, 2.05) is 30.3 Å². The molecule has 0 atom stereocenters. The van der Waals surface area contributed by atoms with E-state index in [9.17, 15) is 10.1 Å². The quantitative estimate of drug-likeness (QED) is 0.407. The van der Waals surface area contributed by atoms with Gasteiger partial charge in [-0.25, -0.2) is 0 Å². The van der Waals surface area contributed by atoms with Crippen molar-refractivity contribution < 1.29 is 4.92 Å². The summed E-state index contributed by atoms with van der Waals surface area (Å²) in [4.78, 5) is 9.86. The molecule has 0 spiro atoms. The van der Waals surface area contributed by atoms with Crippen molar-refractivity contribution in [1.29, 1.82) is 0 Å². The van der Waals surface area contributed by atoms with E-state index in [0.29, 0.717) is 6.42 Å². The van der Waals surface area contributed by atoms with E-state index >= 15 is 0 Å². The van der Waals surface area contributed by atoms with Crippen molar-refractivity contribution >= 4 is 6.08 Å². The van der Waals surface area contributed by atoms with Crippen LogP contribution in [-0.2, 0) is 6.42 Å². The average Bonchev–Trinajstić information content (AvgIpc) is 2.24. The number of unbranched alkanes of at least 4 members (excludes halogenated alkanes) is 1. The molecule has 0 amide bonds. The predicted molar refractivity (Wildman–Crippen MR) is 61.3 cm³/mol. The largest absolute Gasteiger partial charge is 0.265 e. The van der Waals surface area contributed by atoms with Crippen molar-refractivity contribution in [1.82, 2.24) is 0 Å². The van der Waals surface area contributed by atoms with E-state index in [1.165, 1.54) is 5.56 Å². The maximum atomic E-state index is 10.1. The standard InChI is InChI=1S/C12H15NO2/c1-2-11-7-3-4-8-12(11)9-5-6-10-13(14)15/h2-4,7-8H,1,5-6,9-10H2. The molecule has 0 aliphatic heterocycles. The first kappa shape index (κ1) is 11.4. The van der Waals surface area contributed by atoms with Crippen molar-refractivity contribution in [3.05, 3.63) is 52.1 Å². The Labute approximate surface area is 89.6 Å². The molecule has 3 heteroatoms. The molecular formula is C12H15NO2. The zero-order valence-electron chi connectivity index (χ0n) is 8.69. The summed E-state index contributed by atoms with van der Waals surface area (Å²) >= 11 is 0. The molecule has 0 saturated carbocycles. The Morgan fingerprint density at radius 2 is 2.07 bits per heavy atom. The van der Waals surface area contributed by atoms with Gasteiger partial charge in [-0.05, 0) is 24.0 Å². The van der Waals surface area contributed by atoms with Gasteiger partial charge in [-0.1, -0.05) is 36.9 Å². The molecule has 0 saturated heterocycles. The maximum Gasteiger partial charge on any atom is 0.203 e. The van der Waals surface area contributed by atoms with Crippen LogP contribution in [0.1, 0.15) is 24.0 Å². The highest BCUT2D eigenvalue weighted by molar-refractivity contribution is 5.51. The third kappa shape index (κ3) is 3.94. The lowest BCUT2D eigenvalue weighted by Gasteiger charge is -2.04. The summed E-state index contributed by atoms with van der Waals surface area (Å²) in [7, 11) is 0. The van der Waals surface area contributed by atoms with Gasteiger partial charge in [0, 0.05) is 11.3 Å². The molecule has 0 aromatic heterocycles. The first-order chi connectivity index (χ1) is 7.24. The van der Waals surface area contributed by atoms with Gasteiger partial charge < -0.3 is 0 Å². The molecule has 0 N–H and O–H groups in total. The molecule has 0 unspecified atom stereocenters. The number of benzene rings is 1. The number of nitrogens with zero attached hydrogens (tertiary/aromatic N) is 1. The number of rotatable bonds is 6. The Bertz CT molecular complexity index is 347. The Kier molecular flexibility index (Phi) is 4.54. The molecule has 1 aromatic carbocycles. The molecule has 1 aromatic rings. The fraction of sp³-hybridized carbons (Fsp3) is 0.333. The normalized spacial score (nSPS) is 9.87. The van der Waals surface area contributed by atoms with E-state index in [-0.39, 0.29) is 11.5 Å². The van der Waals surface area contributed by atoms with Gasteiger partial charge in [-0.15, -0.1) is 0 Å². The topological polar surface area (TPSA) is 43.1 Å². The summed E-state index contributed by atoms with van der Waals surface area (Å²) in [5.74, 6) is 0. The van der Waals surface area contributed by atoms with Crippen molar-refractivity contribution in [3.8, 4) is 0 Å². The zero-order valence-corrected chi connectivity index (χ0v) is 8.69. The van der Waals surface area contributed by atoms with Crippen LogP contribution < -0.4 is 0 Å². The van der Waals surface area contributed by atoms with Gasteiger partial charge in [0.25, 0.3) is 0 Å². The van der Waals surface area contributed by atoms with Gasteiger partial charge in [0.1, 0.15) is 0 Å². The Hall–Kier alpha value is -1.64. The molecule has 1 rings (SSSR count). The SMILES string of the molecule is C=Cc1ccccc1CCCC[N+](=O)[O-]. The molecule has 0 aliphatic carbocycles. The minimum Gasteiger partial charge on any atom is -0.265 e. The van der Waals surface area contributed by atoms with E-state index in [1.54, 1.807) is 0 Å². The monoisotopic (exact) mass is 205 g/mol. The van der Waals surface area contributed by atoms with Gasteiger partial charge >= 0.3 is 0 Å². The summed E-state index contributed by atoms with van der Waals surface area (Å²) in [5, 5.41) is 10.1. The van der Waals surface area contributed by atoms with Crippen LogP contribution >= 0.6 is 0 Å². The lowest BCUT2D eigenvalue weighted by molar-refractivity contribution is -0.480. The Morgan fingerprint density at radius 1 is 1.33 bits per heavy atom. The molecule has 0 bridgehead atoms. The summed E-state index contributed by atoms with van der Waals surface area (Å²) < 4.78 is 0.